The molecule has 1 aliphatic heterocycles. The number of benzene rings is 3. The fourth-order valence-corrected chi connectivity index (χ4v) is 5.50. The molecule has 2 atom stereocenters. The van der Waals surface area contributed by atoms with Crippen molar-refractivity contribution >= 4 is 5.97 Å². The van der Waals surface area contributed by atoms with Crippen LogP contribution >= 0.6 is 0 Å². The van der Waals surface area contributed by atoms with Crippen LogP contribution in [-0.2, 0) is 22.6 Å². The first-order chi connectivity index (χ1) is 17.6. The number of halogens is 1. The quantitative estimate of drug-likeness (QED) is 0.327. The van der Waals surface area contributed by atoms with Crippen molar-refractivity contribution in [1.82, 2.24) is 4.90 Å². The van der Waals surface area contributed by atoms with E-state index in [1.165, 1.54) is 35.9 Å². The van der Waals surface area contributed by atoms with E-state index in [2.05, 4.69) is 55.1 Å². The lowest BCUT2D eigenvalue weighted by Crippen LogP contribution is -2.34. The smallest absolute Gasteiger partial charge is 0.312 e. The van der Waals surface area contributed by atoms with Crippen LogP contribution in [0.4, 0.5) is 4.39 Å². The van der Waals surface area contributed by atoms with Gasteiger partial charge in [0.2, 0.25) is 0 Å². The van der Waals surface area contributed by atoms with E-state index in [0.717, 1.165) is 48.5 Å². The molecule has 4 rings (SSSR count). The summed E-state index contributed by atoms with van der Waals surface area (Å²) in [5.74, 6) is 0.0931. The Kier molecular flexibility index (Phi) is 8.03. The highest BCUT2D eigenvalue weighted by Gasteiger charge is 2.40. The molecular formula is C32H38FNO3. The summed E-state index contributed by atoms with van der Waals surface area (Å²) in [5, 5.41) is 0. The Bertz CT molecular complexity index is 1270. The molecule has 37 heavy (non-hydrogen) atoms. The fourth-order valence-electron chi connectivity index (χ4n) is 5.50. The van der Waals surface area contributed by atoms with E-state index < -0.39 is 5.41 Å². The predicted molar refractivity (Wildman–Crippen MR) is 145 cm³/mol. The van der Waals surface area contributed by atoms with Crippen molar-refractivity contribution in [3.05, 3.63) is 99.9 Å². The van der Waals surface area contributed by atoms with E-state index in [1.54, 1.807) is 6.07 Å². The van der Waals surface area contributed by atoms with E-state index in [0.29, 0.717) is 0 Å². The molecular weight excluding hydrogens is 465 g/mol. The number of nitrogens with zero attached hydrogens (tertiary/aromatic N) is 1. The molecule has 1 heterocycles. The van der Waals surface area contributed by atoms with Gasteiger partial charge in [0.05, 0.1) is 12.5 Å². The molecule has 0 aliphatic carbocycles. The van der Waals surface area contributed by atoms with E-state index in [-0.39, 0.29) is 23.8 Å². The summed E-state index contributed by atoms with van der Waals surface area (Å²) in [6.07, 6.45) is 1.06. The number of hydrogen-bond donors (Lipinski definition) is 0. The van der Waals surface area contributed by atoms with Crippen molar-refractivity contribution in [2.45, 2.75) is 66.2 Å². The number of methoxy groups -OCH3 is 1. The molecule has 0 N–H and O–H groups in total. The van der Waals surface area contributed by atoms with Gasteiger partial charge in [0.1, 0.15) is 17.7 Å². The van der Waals surface area contributed by atoms with Gasteiger partial charge < -0.3 is 9.47 Å². The zero-order valence-corrected chi connectivity index (χ0v) is 22.8. The van der Waals surface area contributed by atoms with Crippen LogP contribution in [0.5, 0.6) is 5.75 Å². The van der Waals surface area contributed by atoms with Crippen LogP contribution < -0.4 is 4.74 Å². The first-order valence-corrected chi connectivity index (χ1v) is 13.0. The van der Waals surface area contributed by atoms with Crippen molar-refractivity contribution < 1.29 is 18.7 Å². The summed E-state index contributed by atoms with van der Waals surface area (Å²) in [4.78, 5) is 15.4. The number of rotatable bonds is 7. The van der Waals surface area contributed by atoms with Gasteiger partial charge in [-0.25, -0.2) is 4.39 Å². The fraction of sp³-hybridized carbons (Fsp3) is 0.406. The van der Waals surface area contributed by atoms with Gasteiger partial charge in [-0.15, -0.1) is 0 Å². The third kappa shape index (κ3) is 5.72. The molecule has 0 fully saturated rings. The van der Waals surface area contributed by atoms with Crippen LogP contribution in [0, 0.1) is 25.1 Å². The molecule has 0 radical (unpaired) electrons. The Morgan fingerprint density at radius 2 is 1.86 bits per heavy atom. The van der Waals surface area contributed by atoms with Crippen LogP contribution in [0.25, 0.3) is 0 Å². The zero-order valence-electron chi connectivity index (χ0n) is 22.8. The maximum absolute atomic E-state index is 14.0. The van der Waals surface area contributed by atoms with Gasteiger partial charge in [-0.1, -0.05) is 49.4 Å². The highest BCUT2D eigenvalue weighted by Crippen LogP contribution is 2.43. The Balaban J connectivity index is 1.74. The lowest BCUT2D eigenvalue weighted by atomic mass is 9.70. The number of fused-ring (bicyclic) bond motifs is 1. The Morgan fingerprint density at radius 1 is 1.11 bits per heavy atom. The monoisotopic (exact) mass is 503 g/mol. The second kappa shape index (κ2) is 11.1. The topological polar surface area (TPSA) is 38.8 Å². The largest absolute Gasteiger partial charge is 0.489 e. The van der Waals surface area contributed by atoms with Crippen molar-refractivity contribution in [3.8, 4) is 5.75 Å². The minimum Gasteiger partial charge on any atom is -0.489 e. The zero-order chi connectivity index (χ0) is 26.7. The maximum Gasteiger partial charge on any atom is 0.312 e. The molecule has 196 valence electrons. The third-order valence-electron chi connectivity index (χ3n) is 7.65. The molecule has 1 aliphatic rings. The molecule has 1 unspecified atom stereocenters. The number of carbonyl (C=O) groups excluding carboxylic acids is 1. The Morgan fingerprint density at radius 3 is 2.57 bits per heavy atom. The van der Waals surface area contributed by atoms with Crippen LogP contribution in [-0.4, -0.2) is 30.6 Å². The third-order valence-corrected chi connectivity index (χ3v) is 7.65. The van der Waals surface area contributed by atoms with Crippen LogP contribution in [0.15, 0.2) is 60.7 Å². The minimum atomic E-state index is -0.855. The summed E-state index contributed by atoms with van der Waals surface area (Å²) < 4.78 is 25.5. The molecule has 4 nitrogen and oxygen atoms in total. The molecule has 5 heteroatoms. The first kappa shape index (κ1) is 26.9. The van der Waals surface area contributed by atoms with E-state index >= 15 is 0 Å². The van der Waals surface area contributed by atoms with Gasteiger partial charge in [0.25, 0.3) is 0 Å². The standard InChI is InChI=1S/C32H38FNO3/c1-7-27-20-34(18-24-10-8-9-11-29(24)37-27)19-25-17-23(13-12-21(25)2)30(32(4,5)31(35)36-6)28-15-14-26(33)16-22(28)3/h8-17,27,30H,7,18-20H2,1-6H3/t27-,30?/m1/s1. The maximum atomic E-state index is 14.0. The summed E-state index contributed by atoms with van der Waals surface area (Å²) >= 11 is 0. The molecule has 3 aromatic carbocycles. The van der Waals surface area contributed by atoms with Crippen LogP contribution in [0.1, 0.15) is 66.5 Å². The van der Waals surface area contributed by atoms with Gasteiger partial charge in [-0.3, -0.25) is 9.69 Å². The second-order valence-corrected chi connectivity index (χ2v) is 10.8. The summed E-state index contributed by atoms with van der Waals surface area (Å²) in [5.41, 5.74) is 5.50. The van der Waals surface area contributed by atoms with Gasteiger partial charge in [-0.05, 0) is 80.1 Å². The molecule has 0 spiro atoms. The van der Waals surface area contributed by atoms with Gasteiger partial charge in [0, 0.05) is 31.1 Å². The van der Waals surface area contributed by atoms with Crippen molar-refractivity contribution in [3.63, 3.8) is 0 Å². The average molecular weight is 504 g/mol. The van der Waals surface area contributed by atoms with E-state index in [1.807, 2.05) is 26.8 Å². The van der Waals surface area contributed by atoms with Crippen LogP contribution in [0.2, 0.25) is 0 Å². The molecule has 0 saturated carbocycles. The second-order valence-electron chi connectivity index (χ2n) is 10.8. The molecule has 3 aromatic rings. The molecule has 0 amide bonds. The van der Waals surface area contributed by atoms with Crippen molar-refractivity contribution in [2.24, 2.45) is 5.41 Å². The van der Waals surface area contributed by atoms with Crippen molar-refractivity contribution in [1.29, 1.82) is 0 Å². The Labute approximate surface area is 220 Å². The first-order valence-electron chi connectivity index (χ1n) is 13.0. The number of carbonyl (C=O) groups is 1. The number of aryl methyl sites for hydroxylation is 2. The molecule has 0 bridgehead atoms. The molecule has 0 saturated heterocycles. The number of esters is 1. The normalized spacial score (nSPS) is 16.9. The SMILES string of the molecule is CC[C@@H]1CN(Cc2cc(C(c3ccc(F)cc3C)C(C)(C)C(=O)OC)ccc2C)Cc2ccccc2O1. The number of para-hydroxylation sites is 1. The summed E-state index contributed by atoms with van der Waals surface area (Å²) in [6.45, 7) is 12.4. The lowest BCUT2D eigenvalue weighted by Gasteiger charge is -2.34. The number of hydrogen-bond acceptors (Lipinski definition) is 4. The Hall–Kier alpha value is -3.18. The van der Waals surface area contributed by atoms with Gasteiger partial charge in [-0.2, -0.15) is 0 Å². The van der Waals surface area contributed by atoms with Gasteiger partial charge in [0.15, 0.2) is 0 Å². The minimum absolute atomic E-state index is 0.125. The summed E-state index contributed by atoms with van der Waals surface area (Å²) in [6, 6.07) is 19.5. The van der Waals surface area contributed by atoms with Crippen molar-refractivity contribution in [2.75, 3.05) is 13.7 Å². The summed E-state index contributed by atoms with van der Waals surface area (Å²) in [7, 11) is 1.42. The average Bonchev–Trinajstić information content (AvgIpc) is 3.05. The van der Waals surface area contributed by atoms with E-state index in [9.17, 15) is 9.18 Å². The predicted octanol–water partition coefficient (Wildman–Crippen LogP) is 6.95. The van der Waals surface area contributed by atoms with Crippen LogP contribution in [0.3, 0.4) is 0 Å². The van der Waals surface area contributed by atoms with E-state index in [4.69, 9.17) is 9.47 Å². The van der Waals surface area contributed by atoms with Gasteiger partial charge >= 0.3 is 5.97 Å². The highest BCUT2D eigenvalue weighted by atomic mass is 19.1. The highest BCUT2D eigenvalue weighted by molar-refractivity contribution is 5.78. The molecule has 0 aromatic heterocycles. The lowest BCUT2D eigenvalue weighted by molar-refractivity contribution is -0.151. The number of ether oxygens (including phenoxy) is 2.